The van der Waals surface area contributed by atoms with E-state index >= 15 is 0 Å². The predicted octanol–water partition coefficient (Wildman–Crippen LogP) is 3.01. The summed E-state index contributed by atoms with van der Waals surface area (Å²) in [7, 11) is 3.32. The lowest BCUT2D eigenvalue weighted by Crippen LogP contribution is -2.18. The van der Waals surface area contributed by atoms with Crippen molar-refractivity contribution in [3.8, 4) is 11.5 Å². The van der Waals surface area contributed by atoms with Crippen LogP contribution in [-0.2, 0) is 6.54 Å². The highest BCUT2D eigenvalue weighted by Crippen LogP contribution is 2.25. The Labute approximate surface area is 117 Å². The van der Waals surface area contributed by atoms with Crippen LogP contribution in [0, 0.1) is 0 Å². The number of ether oxygens (including phenoxy) is 2. The summed E-state index contributed by atoms with van der Waals surface area (Å²) in [5.41, 5.74) is 4.02. The Morgan fingerprint density at radius 3 is 2.79 bits per heavy atom. The predicted molar refractivity (Wildman–Crippen MR) is 76.9 cm³/mol. The Balaban J connectivity index is 2.03. The van der Waals surface area contributed by atoms with Crippen LogP contribution in [-0.4, -0.2) is 19.2 Å². The van der Waals surface area contributed by atoms with Crippen molar-refractivity contribution >= 4 is 11.3 Å². The number of benzene rings is 1. The third kappa shape index (κ3) is 3.45. The number of nitrogens with one attached hydrogen (secondary N) is 1. The molecule has 1 aromatic carbocycles. The minimum absolute atomic E-state index is 0.220. The Bertz CT molecular complexity index is 514. The van der Waals surface area contributed by atoms with Crippen molar-refractivity contribution in [3.05, 3.63) is 40.3 Å². The van der Waals surface area contributed by atoms with E-state index in [2.05, 4.69) is 22.6 Å². The van der Waals surface area contributed by atoms with Crippen molar-refractivity contribution in [1.82, 2.24) is 10.3 Å². The first kappa shape index (κ1) is 13.8. The second-order valence-electron chi connectivity index (χ2n) is 4.19. The molecule has 0 aliphatic carbocycles. The molecule has 5 heteroatoms. The number of nitrogens with zero attached hydrogens (tertiary/aromatic N) is 1. The summed E-state index contributed by atoms with van der Waals surface area (Å²) in [6.07, 6.45) is 0. The van der Waals surface area contributed by atoms with Gasteiger partial charge < -0.3 is 14.8 Å². The maximum absolute atomic E-state index is 5.38. The number of hydrogen-bond donors (Lipinski definition) is 1. The first-order chi connectivity index (χ1) is 9.24. The minimum Gasteiger partial charge on any atom is -0.497 e. The smallest absolute Gasteiger partial charge is 0.127 e. The van der Waals surface area contributed by atoms with Crippen LogP contribution in [0.4, 0.5) is 0 Å². The van der Waals surface area contributed by atoms with E-state index in [1.807, 2.05) is 23.7 Å². The molecular weight excluding hydrogens is 260 g/mol. The molecule has 0 saturated heterocycles. The number of methoxy groups -OCH3 is 2. The summed E-state index contributed by atoms with van der Waals surface area (Å²) in [6.45, 7) is 2.83. The molecule has 0 saturated carbocycles. The van der Waals surface area contributed by atoms with Gasteiger partial charge in [-0.2, -0.15) is 0 Å². The van der Waals surface area contributed by atoms with Crippen molar-refractivity contribution in [2.24, 2.45) is 0 Å². The minimum atomic E-state index is 0.220. The molecule has 0 radical (unpaired) electrons. The maximum atomic E-state index is 5.38. The van der Waals surface area contributed by atoms with Gasteiger partial charge in [-0.15, -0.1) is 11.3 Å². The van der Waals surface area contributed by atoms with Gasteiger partial charge in [0.25, 0.3) is 0 Å². The summed E-state index contributed by atoms with van der Waals surface area (Å²) < 4.78 is 10.6. The Morgan fingerprint density at radius 2 is 2.16 bits per heavy atom. The molecule has 1 atom stereocenters. The highest BCUT2D eigenvalue weighted by molar-refractivity contribution is 7.07. The van der Waals surface area contributed by atoms with E-state index in [1.54, 1.807) is 25.6 Å². The second-order valence-corrected chi connectivity index (χ2v) is 4.91. The van der Waals surface area contributed by atoms with E-state index in [0.717, 1.165) is 29.3 Å². The summed E-state index contributed by atoms with van der Waals surface area (Å²) in [4.78, 5) is 4.30. The molecule has 0 spiro atoms. The first-order valence-corrected chi connectivity index (χ1v) is 7.01. The molecular formula is C14H18N2O2S. The van der Waals surface area contributed by atoms with E-state index in [1.165, 1.54) is 0 Å². The molecule has 0 bridgehead atoms. The molecule has 4 nitrogen and oxygen atoms in total. The maximum Gasteiger partial charge on any atom is 0.127 e. The fourth-order valence-corrected chi connectivity index (χ4v) is 2.45. The lowest BCUT2D eigenvalue weighted by Gasteiger charge is -2.14. The molecule has 1 heterocycles. The van der Waals surface area contributed by atoms with Gasteiger partial charge in [0.05, 0.1) is 25.4 Å². The highest BCUT2D eigenvalue weighted by atomic mass is 32.1. The molecule has 0 fully saturated rings. The first-order valence-electron chi connectivity index (χ1n) is 6.07. The van der Waals surface area contributed by atoms with Crippen LogP contribution in [0.5, 0.6) is 11.5 Å². The number of aromatic nitrogens is 1. The summed E-state index contributed by atoms with van der Waals surface area (Å²) in [6, 6.07) is 6.06. The molecule has 2 rings (SSSR count). The van der Waals surface area contributed by atoms with Crippen molar-refractivity contribution in [2.45, 2.75) is 19.5 Å². The van der Waals surface area contributed by atoms with E-state index in [4.69, 9.17) is 9.47 Å². The molecule has 0 aliphatic heterocycles. The molecule has 0 amide bonds. The van der Waals surface area contributed by atoms with Crippen LogP contribution in [0.3, 0.4) is 0 Å². The largest absolute Gasteiger partial charge is 0.497 e. The van der Waals surface area contributed by atoms with Gasteiger partial charge >= 0.3 is 0 Å². The molecule has 2 aromatic rings. The lowest BCUT2D eigenvalue weighted by atomic mass is 10.1. The van der Waals surface area contributed by atoms with Gasteiger partial charge in [-0.05, 0) is 13.0 Å². The third-order valence-electron chi connectivity index (χ3n) is 2.99. The Kier molecular flexibility index (Phi) is 4.76. The SMILES string of the molecule is COc1ccc(CNC(C)c2cscn2)c(OC)c1. The molecule has 102 valence electrons. The Morgan fingerprint density at radius 1 is 1.32 bits per heavy atom. The van der Waals surface area contributed by atoms with E-state index < -0.39 is 0 Å². The normalized spacial score (nSPS) is 12.2. The van der Waals surface area contributed by atoms with Crippen LogP contribution >= 0.6 is 11.3 Å². The summed E-state index contributed by atoms with van der Waals surface area (Å²) >= 11 is 1.61. The van der Waals surface area contributed by atoms with Gasteiger partial charge in [0.15, 0.2) is 0 Å². The molecule has 19 heavy (non-hydrogen) atoms. The van der Waals surface area contributed by atoms with Crippen LogP contribution in [0.1, 0.15) is 24.2 Å². The van der Waals surface area contributed by atoms with Gasteiger partial charge in [0, 0.05) is 29.6 Å². The van der Waals surface area contributed by atoms with E-state index in [-0.39, 0.29) is 6.04 Å². The molecule has 1 N–H and O–H groups in total. The van der Waals surface area contributed by atoms with Crippen LogP contribution in [0.25, 0.3) is 0 Å². The standard InChI is InChI=1S/C14H18N2O2S/c1-10(13-8-19-9-16-13)15-7-11-4-5-12(17-2)6-14(11)18-3/h4-6,8-10,15H,7H2,1-3H3. The average Bonchev–Trinajstić information content (AvgIpc) is 2.98. The van der Waals surface area contributed by atoms with Gasteiger partial charge in [-0.1, -0.05) is 6.07 Å². The van der Waals surface area contributed by atoms with Gasteiger partial charge in [0.2, 0.25) is 0 Å². The molecule has 0 aliphatic rings. The van der Waals surface area contributed by atoms with E-state index in [9.17, 15) is 0 Å². The number of rotatable bonds is 6. The zero-order valence-electron chi connectivity index (χ0n) is 11.3. The Hall–Kier alpha value is -1.59. The van der Waals surface area contributed by atoms with Crippen LogP contribution < -0.4 is 14.8 Å². The van der Waals surface area contributed by atoms with Gasteiger partial charge in [-0.25, -0.2) is 4.98 Å². The summed E-state index contributed by atoms with van der Waals surface area (Å²) in [5.74, 6) is 1.63. The molecule has 1 unspecified atom stereocenters. The number of thiazole rings is 1. The average molecular weight is 278 g/mol. The lowest BCUT2D eigenvalue weighted by molar-refractivity contribution is 0.388. The number of hydrogen-bond acceptors (Lipinski definition) is 5. The quantitative estimate of drug-likeness (QED) is 0.882. The highest BCUT2D eigenvalue weighted by Gasteiger charge is 2.09. The third-order valence-corrected chi connectivity index (χ3v) is 3.59. The topological polar surface area (TPSA) is 43.4 Å². The fourth-order valence-electron chi connectivity index (χ4n) is 1.80. The van der Waals surface area contributed by atoms with Gasteiger partial charge in [0.1, 0.15) is 11.5 Å². The second kappa shape index (κ2) is 6.54. The van der Waals surface area contributed by atoms with Gasteiger partial charge in [-0.3, -0.25) is 0 Å². The monoisotopic (exact) mass is 278 g/mol. The zero-order valence-corrected chi connectivity index (χ0v) is 12.2. The van der Waals surface area contributed by atoms with Crippen molar-refractivity contribution in [2.75, 3.05) is 14.2 Å². The van der Waals surface area contributed by atoms with Crippen LogP contribution in [0.2, 0.25) is 0 Å². The van der Waals surface area contributed by atoms with Crippen molar-refractivity contribution < 1.29 is 9.47 Å². The molecule has 1 aromatic heterocycles. The fraction of sp³-hybridized carbons (Fsp3) is 0.357. The van der Waals surface area contributed by atoms with Crippen molar-refractivity contribution in [3.63, 3.8) is 0 Å². The van der Waals surface area contributed by atoms with E-state index in [0.29, 0.717) is 0 Å². The van der Waals surface area contributed by atoms with Crippen molar-refractivity contribution in [1.29, 1.82) is 0 Å². The summed E-state index contributed by atoms with van der Waals surface area (Å²) in [5, 5.41) is 5.50. The van der Waals surface area contributed by atoms with Crippen LogP contribution in [0.15, 0.2) is 29.1 Å². The zero-order chi connectivity index (χ0) is 13.7.